The number of rotatable bonds is 5. The highest BCUT2D eigenvalue weighted by atomic mass is 16.4. The number of aromatic carboxylic acids is 1. The zero-order chi connectivity index (χ0) is 14.0. The molecule has 0 saturated heterocycles. The number of aryl methyl sites for hydroxylation is 3. The van der Waals surface area contributed by atoms with Crippen molar-refractivity contribution in [2.45, 2.75) is 33.2 Å². The second-order valence-electron chi connectivity index (χ2n) is 4.84. The first kappa shape index (κ1) is 13.6. The highest BCUT2D eigenvalue weighted by Gasteiger charge is 2.13. The molecule has 0 aliphatic heterocycles. The van der Waals surface area contributed by atoms with Gasteiger partial charge in [0.2, 0.25) is 0 Å². The van der Waals surface area contributed by atoms with Crippen LogP contribution in [0.1, 0.15) is 34.8 Å². The first-order valence-corrected chi connectivity index (χ1v) is 6.64. The van der Waals surface area contributed by atoms with Crippen LogP contribution in [-0.2, 0) is 13.0 Å². The van der Waals surface area contributed by atoms with Gasteiger partial charge in [0.25, 0.3) is 0 Å². The molecule has 1 aromatic carbocycles. The Labute approximate surface area is 112 Å². The first-order chi connectivity index (χ1) is 9.08. The summed E-state index contributed by atoms with van der Waals surface area (Å²) in [5.74, 6) is -0.870. The van der Waals surface area contributed by atoms with E-state index in [4.69, 9.17) is 5.73 Å². The minimum absolute atomic E-state index is 0.365. The first-order valence-electron chi connectivity index (χ1n) is 6.64. The molecule has 0 spiro atoms. The van der Waals surface area contributed by atoms with E-state index in [2.05, 4.69) is 17.7 Å². The summed E-state index contributed by atoms with van der Waals surface area (Å²) in [4.78, 5) is 11.2. The molecule has 102 valence electrons. The second-order valence-corrected chi connectivity index (χ2v) is 4.84. The maximum atomic E-state index is 11.2. The van der Waals surface area contributed by atoms with Crippen LogP contribution in [-0.4, -0.2) is 22.2 Å². The van der Waals surface area contributed by atoms with Gasteiger partial charge in [0.1, 0.15) is 0 Å². The standard InChI is InChI=1S/C15H20N2O2/c1-3-11-7-12(15(18)19)8-13-10(2)9-17(14(11)13)6-4-5-16/h7-9H,3-6,16H2,1-2H3,(H,18,19). The molecule has 0 aliphatic carbocycles. The van der Waals surface area contributed by atoms with Crippen molar-refractivity contribution in [1.82, 2.24) is 4.57 Å². The van der Waals surface area contributed by atoms with Crippen LogP contribution in [0.25, 0.3) is 10.9 Å². The fourth-order valence-electron chi connectivity index (χ4n) is 2.53. The average Bonchev–Trinajstić information content (AvgIpc) is 2.72. The van der Waals surface area contributed by atoms with Gasteiger partial charge < -0.3 is 15.4 Å². The molecule has 2 aromatic rings. The van der Waals surface area contributed by atoms with Crippen molar-refractivity contribution < 1.29 is 9.90 Å². The van der Waals surface area contributed by atoms with E-state index < -0.39 is 5.97 Å². The van der Waals surface area contributed by atoms with E-state index in [0.29, 0.717) is 12.1 Å². The van der Waals surface area contributed by atoms with E-state index in [0.717, 1.165) is 41.4 Å². The van der Waals surface area contributed by atoms with Crippen molar-refractivity contribution in [1.29, 1.82) is 0 Å². The molecular weight excluding hydrogens is 240 g/mol. The zero-order valence-corrected chi connectivity index (χ0v) is 11.4. The number of hydrogen-bond acceptors (Lipinski definition) is 2. The molecule has 1 heterocycles. The molecule has 0 fully saturated rings. The molecule has 0 unspecified atom stereocenters. The monoisotopic (exact) mass is 260 g/mol. The van der Waals surface area contributed by atoms with Gasteiger partial charge in [0.05, 0.1) is 11.1 Å². The Morgan fingerprint density at radius 2 is 2.16 bits per heavy atom. The number of nitrogens with two attached hydrogens (primary N) is 1. The highest BCUT2D eigenvalue weighted by molar-refractivity contribution is 5.96. The number of carboxylic acids is 1. The van der Waals surface area contributed by atoms with Gasteiger partial charge in [-0.2, -0.15) is 0 Å². The maximum absolute atomic E-state index is 11.2. The Morgan fingerprint density at radius 1 is 1.42 bits per heavy atom. The van der Waals surface area contributed by atoms with Gasteiger partial charge in [0.15, 0.2) is 0 Å². The summed E-state index contributed by atoms with van der Waals surface area (Å²) in [6, 6.07) is 3.55. The predicted molar refractivity (Wildman–Crippen MR) is 76.7 cm³/mol. The third-order valence-electron chi connectivity index (χ3n) is 3.48. The van der Waals surface area contributed by atoms with E-state index in [-0.39, 0.29) is 0 Å². The summed E-state index contributed by atoms with van der Waals surface area (Å²) in [5.41, 5.74) is 9.29. The lowest BCUT2D eigenvalue weighted by molar-refractivity contribution is 0.0697. The molecule has 2 rings (SSSR count). The van der Waals surface area contributed by atoms with Crippen LogP contribution in [0, 0.1) is 6.92 Å². The largest absolute Gasteiger partial charge is 0.478 e. The van der Waals surface area contributed by atoms with Gasteiger partial charge in [-0.15, -0.1) is 0 Å². The second kappa shape index (κ2) is 5.45. The predicted octanol–water partition coefficient (Wildman–Crippen LogP) is 2.56. The smallest absolute Gasteiger partial charge is 0.335 e. The van der Waals surface area contributed by atoms with E-state index in [1.807, 2.05) is 6.92 Å². The number of aromatic nitrogens is 1. The van der Waals surface area contributed by atoms with Crippen LogP contribution < -0.4 is 5.73 Å². The molecule has 4 heteroatoms. The summed E-state index contributed by atoms with van der Waals surface area (Å²) in [7, 11) is 0. The number of nitrogens with zero attached hydrogens (tertiary/aromatic N) is 1. The molecule has 1 aromatic heterocycles. The summed E-state index contributed by atoms with van der Waals surface area (Å²) in [6.07, 6.45) is 3.84. The van der Waals surface area contributed by atoms with Gasteiger partial charge >= 0.3 is 5.97 Å². The molecule has 0 atom stereocenters. The van der Waals surface area contributed by atoms with E-state index in [1.165, 1.54) is 0 Å². The number of fused-ring (bicyclic) bond motifs is 1. The van der Waals surface area contributed by atoms with Crippen molar-refractivity contribution in [3.8, 4) is 0 Å². The Kier molecular flexibility index (Phi) is 3.90. The Balaban J connectivity index is 2.65. The summed E-state index contributed by atoms with van der Waals surface area (Å²) >= 11 is 0. The lowest BCUT2D eigenvalue weighted by atomic mass is 10.0. The van der Waals surface area contributed by atoms with Crippen LogP contribution in [0.5, 0.6) is 0 Å². The zero-order valence-electron chi connectivity index (χ0n) is 11.4. The van der Waals surface area contributed by atoms with Gasteiger partial charge in [0, 0.05) is 18.1 Å². The topological polar surface area (TPSA) is 68.2 Å². The van der Waals surface area contributed by atoms with Crippen LogP contribution in [0.15, 0.2) is 18.3 Å². The van der Waals surface area contributed by atoms with Gasteiger partial charge in [-0.1, -0.05) is 6.92 Å². The number of benzene rings is 1. The number of carboxylic acid groups (broad SMARTS) is 1. The molecular formula is C15H20N2O2. The van der Waals surface area contributed by atoms with E-state index >= 15 is 0 Å². The lowest BCUT2D eigenvalue weighted by Crippen LogP contribution is -2.06. The molecule has 0 amide bonds. The SMILES string of the molecule is CCc1cc(C(=O)O)cc2c(C)cn(CCCN)c12. The molecule has 0 radical (unpaired) electrons. The summed E-state index contributed by atoms with van der Waals surface area (Å²) in [5, 5.41) is 10.2. The van der Waals surface area contributed by atoms with Gasteiger partial charge in [-0.3, -0.25) is 0 Å². The van der Waals surface area contributed by atoms with Crippen molar-refractivity contribution >= 4 is 16.9 Å². The molecule has 3 N–H and O–H groups in total. The fraction of sp³-hybridized carbons (Fsp3) is 0.400. The molecule has 19 heavy (non-hydrogen) atoms. The van der Waals surface area contributed by atoms with Crippen molar-refractivity contribution in [3.05, 3.63) is 35.0 Å². The Hall–Kier alpha value is -1.81. The summed E-state index contributed by atoms with van der Waals surface area (Å²) < 4.78 is 2.20. The fourth-order valence-corrected chi connectivity index (χ4v) is 2.53. The average molecular weight is 260 g/mol. The molecule has 4 nitrogen and oxygen atoms in total. The van der Waals surface area contributed by atoms with E-state index in [9.17, 15) is 9.90 Å². The normalized spacial score (nSPS) is 11.1. The number of hydrogen-bond donors (Lipinski definition) is 2. The minimum Gasteiger partial charge on any atom is -0.478 e. The number of carbonyl (C=O) groups is 1. The molecule has 0 bridgehead atoms. The van der Waals surface area contributed by atoms with Crippen molar-refractivity contribution in [3.63, 3.8) is 0 Å². The third-order valence-corrected chi connectivity index (χ3v) is 3.48. The maximum Gasteiger partial charge on any atom is 0.335 e. The quantitative estimate of drug-likeness (QED) is 0.868. The molecule has 0 saturated carbocycles. The summed E-state index contributed by atoms with van der Waals surface area (Å²) in [6.45, 7) is 5.61. The Morgan fingerprint density at radius 3 is 2.74 bits per heavy atom. The van der Waals surface area contributed by atoms with Crippen molar-refractivity contribution in [2.75, 3.05) is 6.54 Å². The lowest BCUT2D eigenvalue weighted by Gasteiger charge is -2.09. The van der Waals surface area contributed by atoms with Gasteiger partial charge in [-0.25, -0.2) is 4.79 Å². The van der Waals surface area contributed by atoms with Gasteiger partial charge in [-0.05, 0) is 49.6 Å². The highest BCUT2D eigenvalue weighted by Crippen LogP contribution is 2.27. The van der Waals surface area contributed by atoms with Crippen LogP contribution in [0.3, 0.4) is 0 Å². The Bertz CT molecular complexity index is 614. The van der Waals surface area contributed by atoms with Crippen LogP contribution >= 0.6 is 0 Å². The third kappa shape index (κ3) is 2.49. The van der Waals surface area contributed by atoms with Crippen LogP contribution in [0.2, 0.25) is 0 Å². The van der Waals surface area contributed by atoms with E-state index in [1.54, 1.807) is 12.1 Å². The minimum atomic E-state index is -0.870. The molecule has 0 aliphatic rings. The van der Waals surface area contributed by atoms with Crippen molar-refractivity contribution in [2.24, 2.45) is 5.73 Å². The van der Waals surface area contributed by atoms with Crippen LogP contribution in [0.4, 0.5) is 0 Å².